The zero-order chi connectivity index (χ0) is 13.4. The van der Waals surface area contributed by atoms with Gasteiger partial charge < -0.3 is 9.84 Å². The van der Waals surface area contributed by atoms with Crippen molar-refractivity contribution in [2.24, 2.45) is 5.92 Å². The lowest BCUT2D eigenvalue weighted by molar-refractivity contribution is 0.0691. The van der Waals surface area contributed by atoms with Gasteiger partial charge in [0.2, 0.25) is 0 Å². The molecule has 1 fully saturated rings. The first-order valence-electron chi connectivity index (χ1n) is 6.12. The van der Waals surface area contributed by atoms with Crippen LogP contribution in [-0.4, -0.2) is 34.1 Å². The van der Waals surface area contributed by atoms with Gasteiger partial charge in [0.15, 0.2) is 5.69 Å². The van der Waals surface area contributed by atoms with Gasteiger partial charge >= 0.3 is 5.97 Å². The van der Waals surface area contributed by atoms with Crippen LogP contribution in [0.4, 0.5) is 4.39 Å². The van der Waals surface area contributed by atoms with E-state index in [-0.39, 0.29) is 5.69 Å². The zero-order valence-electron chi connectivity index (χ0n) is 10.2. The average molecular weight is 264 g/mol. The highest BCUT2D eigenvalue weighted by Gasteiger charge is 2.21. The number of hydrogen-bond donors (Lipinski definition) is 1. The molecule has 1 saturated heterocycles. The van der Waals surface area contributed by atoms with E-state index in [1.807, 2.05) is 0 Å². The molecule has 3 rings (SSSR count). The van der Waals surface area contributed by atoms with E-state index in [4.69, 9.17) is 9.84 Å². The van der Waals surface area contributed by atoms with Crippen molar-refractivity contribution in [3.63, 3.8) is 0 Å². The standard InChI is InChI=1S/C13H13FN2O3/c14-9-1-2-11-10(5-9)12(13(17)18)15-16(11)6-8-3-4-19-7-8/h1-2,5,8H,3-4,6-7H2,(H,17,18). The third kappa shape index (κ3) is 2.19. The van der Waals surface area contributed by atoms with Crippen LogP contribution in [-0.2, 0) is 11.3 Å². The van der Waals surface area contributed by atoms with E-state index in [1.165, 1.54) is 12.1 Å². The molecule has 1 N–H and O–H groups in total. The summed E-state index contributed by atoms with van der Waals surface area (Å²) in [4.78, 5) is 11.2. The molecule has 5 nitrogen and oxygen atoms in total. The zero-order valence-corrected chi connectivity index (χ0v) is 10.2. The first-order chi connectivity index (χ1) is 9.15. The van der Waals surface area contributed by atoms with Gasteiger partial charge in [-0.25, -0.2) is 9.18 Å². The number of carboxylic acids is 1. The highest BCUT2D eigenvalue weighted by atomic mass is 19.1. The lowest BCUT2D eigenvalue weighted by Crippen LogP contribution is -2.12. The maximum absolute atomic E-state index is 13.2. The molecule has 0 bridgehead atoms. The number of halogens is 1. The lowest BCUT2D eigenvalue weighted by atomic mass is 10.1. The van der Waals surface area contributed by atoms with Crippen molar-refractivity contribution in [3.8, 4) is 0 Å². The molecule has 0 amide bonds. The molecule has 0 aliphatic carbocycles. The summed E-state index contributed by atoms with van der Waals surface area (Å²) < 4.78 is 20.2. The monoisotopic (exact) mass is 264 g/mol. The first kappa shape index (κ1) is 12.1. The number of benzene rings is 1. The molecule has 100 valence electrons. The third-order valence-corrected chi connectivity index (χ3v) is 3.37. The Bertz CT molecular complexity index is 632. The first-order valence-corrected chi connectivity index (χ1v) is 6.12. The van der Waals surface area contributed by atoms with E-state index < -0.39 is 11.8 Å². The predicted octanol–water partition coefficient (Wildman–Crippen LogP) is 1.91. The smallest absolute Gasteiger partial charge is 0.357 e. The van der Waals surface area contributed by atoms with Gasteiger partial charge in [-0.2, -0.15) is 5.10 Å². The second-order valence-corrected chi connectivity index (χ2v) is 4.73. The maximum atomic E-state index is 13.2. The SMILES string of the molecule is O=C(O)c1nn(CC2CCOC2)c2ccc(F)cc12. The molecule has 6 heteroatoms. The van der Waals surface area contributed by atoms with Crippen LogP contribution in [0.5, 0.6) is 0 Å². The van der Waals surface area contributed by atoms with E-state index in [9.17, 15) is 9.18 Å². The van der Waals surface area contributed by atoms with E-state index >= 15 is 0 Å². The summed E-state index contributed by atoms with van der Waals surface area (Å²) in [5, 5.41) is 13.6. The minimum absolute atomic E-state index is 0.103. The fourth-order valence-electron chi connectivity index (χ4n) is 2.42. The van der Waals surface area contributed by atoms with Crippen LogP contribution in [0.3, 0.4) is 0 Å². The van der Waals surface area contributed by atoms with Crippen molar-refractivity contribution in [2.45, 2.75) is 13.0 Å². The van der Waals surface area contributed by atoms with Gasteiger partial charge in [-0.1, -0.05) is 0 Å². The second kappa shape index (κ2) is 4.62. The Balaban J connectivity index is 2.06. The Hall–Kier alpha value is -1.95. The van der Waals surface area contributed by atoms with Gasteiger partial charge in [-0.15, -0.1) is 0 Å². The number of nitrogens with zero attached hydrogens (tertiary/aromatic N) is 2. The average Bonchev–Trinajstić information content (AvgIpc) is 2.97. The minimum Gasteiger partial charge on any atom is -0.476 e. The van der Waals surface area contributed by atoms with E-state index in [1.54, 1.807) is 10.7 Å². The Kier molecular flexibility index (Phi) is 2.94. The quantitative estimate of drug-likeness (QED) is 0.919. The summed E-state index contributed by atoms with van der Waals surface area (Å²) in [6, 6.07) is 4.10. The summed E-state index contributed by atoms with van der Waals surface area (Å²) >= 11 is 0. The summed E-state index contributed by atoms with van der Waals surface area (Å²) in [7, 11) is 0. The van der Waals surface area contributed by atoms with Gasteiger partial charge in [0.05, 0.1) is 12.1 Å². The molecule has 0 spiro atoms. The number of fused-ring (bicyclic) bond motifs is 1. The van der Waals surface area contributed by atoms with Crippen molar-refractivity contribution >= 4 is 16.9 Å². The Morgan fingerprint density at radius 2 is 2.42 bits per heavy atom. The fourth-order valence-corrected chi connectivity index (χ4v) is 2.42. The van der Waals surface area contributed by atoms with Crippen molar-refractivity contribution in [3.05, 3.63) is 29.7 Å². The Morgan fingerprint density at radius 3 is 3.11 bits per heavy atom. The van der Waals surface area contributed by atoms with Gasteiger partial charge in [-0.05, 0) is 24.6 Å². The highest BCUT2D eigenvalue weighted by molar-refractivity contribution is 6.01. The Morgan fingerprint density at radius 1 is 1.58 bits per heavy atom. The molecule has 0 radical (unpaired) electrons. The predicted molar refractivity (Wildman–Crippen MR) is 65.6 cm³/mol. The van der Waals surface area contributed by atoms with Crippen LogP contribution in [0.25, 0.3) is 10.9 Å². The van der Waals surface area contributed by atoms with Crippen molar-refractivity contribution in [1.82, 2.24) is 9.78 Å². The number of rotatable bonds is 3. The van der Waals surface area contributed by atoms with Crippen LogP contribution >= 0.6 is 0 Å². The molecule has 0 saturated carbocycles. The fraction of sp³-hybridized carbons (Fsp3) is 0.385. The number of hydrogen-bond acceptors (Lipinski definition) is 3. The van der Waals surface area contributed by atoms with E-state index in [0.29, 0.717) is 30.0 Å². The summed E-state index contributed by atoms with van der Waals surface area (Å²) in [6.45, 7) is 1.98. The van der Waals surface area contributed by atoms with Crippen LogP contribution in [0.1, 0.15) is 16.9 Å². The number of aromatic nitrogens is 2. The van der Waals surface area contributed by atoms with Crippen LogP contribution in [0.2, 0.25) is 0 Å². The van der Waals surface area contributed by atoms with Crippen LogP contribution < -0.4 is 0 Å². The minimum atomic E-state index is -1.14. The molecule has 1 aromatic heterocycles. The molecule has 19 heavy (non-hydrogen) atoms. The topological polar surface area (TPSA) is 64.3 Å². The van der Waals surface area contributed by atoms with E-state index in [0.717, 1.165) is 13.0 Å². The highest BCUT2D eigenvalue weighted by Crippen LogP contribution is 2.23. The molecule has 1 aliphatic heterocycles. The number of carboxylic acid groups (broad SMARTS) is 1. The molecule has 1 atom stereocenters. The molecular formula is C13H13FN2O3. The molecule has 1 unspecified atom stereocenters. The third-order valence-electron chi connectivity index (χ3n) is 3.37. The van der Waals surface area contributed by atoms with Crippen molar-refractivity contribution in [1.29, 1.82) is 0 Å². The van der Waals surface area contributed by atoms with Gasteiger partial charge in [0, 0.05) is 24.5 Å². The van der Waals surface area contributed by atoms with Gasteiger partial charge in [0.1, 0.15) is 5.82 Å². The van der Waals surface area contributed by atoms with Crippen LogP contribution in [0.15, 0.2) is 18.2 Å². The number of ether oxygens (including phenoxy) is 1. The molecule has 2 heterocycles. The maximum Gasteiger partial charge on any atom is 0.357 e. The van der Waals surface area contributed by atoms with Gasteiger partial charge in [-0.3, -0.25) is 4.68 Å². The Labute approximate surface area is 108 Å². The molecule has 1 aromatic carbocycles. The van der Waals surface area contributed by atoms with Crippen LogP contribution in [0, 0.1) is 11.7 Å². The largest absolute Gasteiger partial charge is 0.476 e. The van der Waals surface area contributed by atoms with Crippen molar-refractivity contribution < 1.29 is 19.0 Å². The van der Waals surface area contributed by atoms with E-state index in [2.05, 4.69) is 5.10 Å². The molecule has 1 aliphatic rings. The number of aromatic carboxylic acids is 1. The lowest BCUT2D eigenvalue weighted by Gasteiger charge is -2.08. The normalized spacial score (nSPS) is 19.1. The molecule has 2 aromatic rings. The van der Waals surface area contributed by atoms with Crippen molar-refractivity contribution in [2.75, 3.05) is 13.2 Å². The summed E-state index contributed by atoms with van der Waals surface area (Å²) in [5.74, 6) is -1.27. The van der Waals surface area contributed by atoms with Gasteiger partial charge in [0.25, 0.3) is 0 Å². The molecular weight excluding hydrogens is 251 g/mol. The summed E-state index contributed by atoms with van der Waals surface area (Å²) in [5.41, 5.74) is 0.541. The number of carbonyl (C=O) groups is 1. The summed E-state index contributed by atoms with van der Waals surface area (Å²) in [6.07, 6.45) is 0.935. The second-order valence-electron chi connectivity index (χ2n) is 4.73.